The van der Waals surface area contributed by atoms with Gasteiger partial charge in [-0.05, 0) is 21.6 Å². The van der Waals surface area contributed by atoms with E-state index in [1.54, 1.807) is 0 Å². The zero-order valence-electron chi connectivity index (χ0n) is 3.49. The Kier molecular flexibility index (Phi) is 31.5. The van der Waals surface area contributed by atoms with Crippen LogP contribution in [0.5, 0.6) is 0 Å². The minimum atomic E-state index is 0. The molecule has 0 rings (SSSR count). The molecule has 0 saturated carbocycles. The molecule has 0 aromatic rings. The number of carbonyl (C=O) groups is 2. The maximum absolute atomic E-state index is 9.35. The van der Waals surface area contributed by atoms with Crippen molar-refractivity contribution in [1.82, 2.24) is 0 Å². The van der Waals surface area contributed by atoms with Crippen molar-refractivity contribution >= 4 is 32.8 Å². The van der Waals surface area contributed by atoms with Crippen LogP contribution in [-0.2, 0) is 43.7 Å². The summed E-state index contributed by atoms with van der Waals surface area (Å²) in [6.45, 7) is 0. The van der Waals surface area contributed by atoms with Crippen LogP contribution in [0.4, 0.5) is 0 Å². The fourth-order valence-corrected chi connectivity index (χ4v) is 0.408. The maximum atomic E-state index is 9.35. The van der Waals surface area contributed by atoms with E-state index in [2.05, 4.69) is 0 Å². The first-order chi connectivity index (χ1) is 2.91. The van der Waals surface area contributed by atoms with Crippen LogP contribution in [0.15, 0.2) is 0 Å². The molecule has 0 unspecified atom stereocenters. The summed E-state index contributed by atoms with van der Waals surface area (Å²) in [6, 6.07) is 0. The normalized spacial score (nSPS) is 5.50. The van der Waals surface area contributed by atoms with Crippen molar-refractivity contribution in [2.24, 2.45) is 0 Å². The van der Waals surface area contributed by atoms with Gasteiger partial charge in [0.1, 0.15) is 0 Å². The molecule has 0 aliphatic heterocycles. The fraction of sp³-hybridized carbons (Fsp3) is 0. The van der Waals surface area contributed by atoms with Crippen molar-refractivity contribution in [3.05, 3.63) is 0 Å². The minimum Gasteiger partial charge on any atom is -0.290 e. The van der Waals surface area contributed by atoms with Gasteiger partial charge in [-0.3, -0.25) is 9.59 Å². The predicted octanol–water partition coefficient (Wildman–Crippen LogP) is 0.743. The van der Waals surface area contributed by atoms with Crippen LogP contribution in [0.2, 0.25) is 0 Å². The Morgan fingerprint density at radius 3 is 1.25 bits per heavy atom. The Labute approximate surface area is 76.3 Å². The third kappa shape index (κ3) is 15.7. The van der Waals surface area contributed by atoms with Gasteiger partial charge in [-0.2, -0.15) is 0 Å². The molecule has 0 spiro atoms. The van der Waals surface area contributed by atoms with Crippen LogP contribution in [0.3, 0.4) is 0 Å². The van der Waals surface area contributed by atoms with Crippen LogP contribution < -0.4 is 0 Å². The summed E-state index contributed by atoms with van der Waals surface area (Å²) in [5.41, 5.74) is 1.22. The van der Waals surface area contributed by atoms with Crippen molar-refractivity contribution in [3.8, 4) is 0 Å². The van der Waals surface area contributed by atoms with Gasteiger partial charge in [0.25, 0.3) is 0 Å². The molecular formula is C2H2Fe2O2S2. The molecule has 0 bridgehead atoms. The van der Waals surface area contributed by atoms with Gasteiger partial charge in [0.2, 0.25) is 0 Å². The maximum Gasteiger partial charge on any atom is 0.187 e. The van der Waals surface area contributed by atoms with Gasteiger partial charge in [0, 0.05) is 34.1 Å². The Morgan fingerprint density at radius 1 is 0.875 bits per heavy atom. The molecule has 50 valence electrons. The van der Waals surface area contributed by atoms with E-state index in [1.807, 2.05) is 0 Å². The van der Waals surface area contributed by atoms with E-state index < -0.39 is 0 Å². The second-order valence-electron chi connectivity index (χ2n) is 0.385. The number of hydrogen-bond donors (Lipinski definition) is 0. The van der Waals surface area contributed by atoms with Crippen molar-refractivity contribution < 1.29 is 43.7 Å². The average Bonchev–Trinajstić information content (AvgIpc) is 1.61. The largest absolute Gasteiger partial charge is 0.290 e. The summed E-state index contributed by atoms with van der Waals surface area (Å²) in [6.07, 6.45) is 0. The third-order valence-corrected chi connectivity index (χ3v) is 1.21. The molecule has 8 heavy (non-hydrogen) atoms. The molecule has 0 N–H and O–H groups in total. The summed E-state index contributed by atoms with van der Waals surface area (Å²) in [4.78, 5) is 18.7. The van der Waals surface area contributed by atoms with Gasteiger partial charge in [-0.1, -0.05) is 0 Å². The molecule has 2 nitrogen and oxygen atoms in total. The summed E-state index contributed by atoms with van der Waals surface area (Å²) in [5, 5.41) is 0. The second kappa shape index (κ2) is 15.7. The van der Waals surface area contributed by atoms with E-state index in [9.17, 15) is 9.59 Å². The zero-order valence-corrected chi connectivity index (χ0v) is 7.34. The van der Waals surface area contributed by atoms with Gasteiger partial charge < -0.3 is 0 Å². The van der Waals surface area contributed by atoms with Crippen LogP contribution in [-0.4, -0.2) is 11.2 Å². The number of carbonyl (C=O) groups excluding carboxylic acids is 2. The second-order valence-corrected chi connectivity index (χ2v) is 2.31. The monoisotopic (exact) mass is 234 g/mol. The minimum absolute atomic E-state index is 0. The summed E-state index contributed by atoms with van der Waals surface area (Å²) < 4.78 is 0. The topological polar surface area (TPSA) is 34.1 Å². The molecule has 0 saturated heterocycles. The van der Waals surface area contributed by atoms with E-state index in [0.29, 0.717) is 11.2 Å². The third-order valence-electron chi connectivity index (χ3n) is 0.134. The van der Waals surface area contributed by atoms with E-state index in [0.717, 1.165) is 21.6 Å². The molecule has 0 aromatic heterocycles. The summed E-state index contributed by atoms with van der Waals surface area (Å²) in [7, 11) is 1.75. The van der Waals surface area contributed by atoms with E-state index in [4.69, 9.17) is 0 Å². The van der Waals surface area contributed by atoms with Crippen LogP contribution in [0.1, 0.15) is 0 Å². The smallest absolute Gasteiger partial charge is 0.187 e. The molecule has 0 aromatic carbocycles. The molecule has 6 heteroatoms. The molecular weight excluding hydrogens is 232 g/mol. The number of hydrogen-bond acceptors (Lipinski definition) is 4. The Hall–Kier alpha value is 1.08. The molecule has 0 aliphatic rings. The number of rotatable bonds is 3. The summed E-state index contributed by atoms with van der Waals surface area (Å²) >= 11 is 0. The SMILES string of the molecule is O=CSSC=O.[Fe].[Fe]. The van der Waals surface area contributed by atoms with Crippen molar-refractivity contribution in [2.75, 3.05) is 0 Å². The molecule has 0 amide bonds. The van der Waals surface area contributed by atoms with Gasteiger partial charge >= 0.3 is 0 Å². The van der Waals surface area contributed by atoms with Crippen LogP contribution in [0, 0.1) is 0 Å². The van der Waals surface area contributed by atoms with Crippen LogP contribution in [0.25, 0.3) is 0 Å². The first kappa shape index (κ1) is 16.0. The molecule has 0 aliphatic carbocycles. The zero-order chi connectivity index (χ0) is 4.83. The van der Waals surface area contributed by atoms with Crippen molar-refractivity contribution in [3.63, 3.8) is 0 Å². The quantitative estimate of drug-likeness (QED) is 0.312. The average molecular weight is 234 g/mol. The molecule has 0 fully saturated rings. The first-order valence-corrected chi connectivity index (χ1v) is 3.39. The van der Waals surface area contributed by atoms with Crippen LogP contribution >= 0.6 is 21.6 Å². The standard InChI is InChI=1S/C2H2O2S2.2Fe/c3-1-5-6-2-4;;/h1-2H;;. The predicted molar refractivity (Wildman–Crippen MR) is 28.7 cm³/mol. The van der Waals surface area contributed by atoms with Gasteiger partial charge in [-0.25, -0.2) is 0 Å². The van der Waals surface area contributed by atoms with E-state index >= 15 is 0 Å². The van der Waals surface area contributed by atoms with Gasteiger partial charge in [-0.15, -0.1) is 0 Å². The van der Waals surface area contributed by atoms with Gasteiger partial charge in [0.05, 0.1) is 0 Å². The molecule has 0 radical (unpaired) electrons. The Bertz CT molecular complexity index is 52.0. The van der Waals surface area contributed by atoms with Crippen molar-refractivity contribution in [2.45, 2.75) is 0 Å². The summed E-state index contributed by atoms with van der Waals surface area (Å²) in [5.74, 6) is 0. The van der Waals surface area contributed by atoms with Gasteiger partial charge in [0.15, 0.2) is 11.2 Å². The van der Waals surface area contributed by atoms with E-state index in [1.165, 1.54) is 0 Å². The van der Waals surface area contributed by atoms with E-state index in [-0.39, 0.29) is 34.1 Å². The Morgan fingerprint density at radius 2 is 1.12 bits per heavy atom. The fourth-order valence-electron chi connectivity index (χ4n) is 0.0454. The first-order valence-electron chi connectivity index (χ1n) is 1.11. The molecule has 0 atom stereocenters. The Balaban J connectivity index is -0.000000125. The molecule has 0 heterocycles. The van der Waals surface area contributed by atoms with Crippen molar-refractivity contribution in [1.29, 1.82) is 0 Å².